The van der Waals surface area contributed by atoms with Crippen molar-refractivity contribution >= 4 is 23.7 Å². The van der Waals surface area contributed by atoms with Crippen LogP contribution in [0.5, 0.6) is 0 Å². The van der Waals surface area contributed by atoms with E-state index < -0.39 is 56.9 Å². The van der Waals surface area contributed by atoms with Crippen molar-refractivity contribution in [3.63, 3.8) is 0 Å². The fourth-order valence-corrected chi connectivity index (χ4v) is 3.28. The van der Waals surface area contributed by atoms with Gasteiger partial charge in [0.25, 0.3) is 0 Å². The lowest BCUT2D eigenvalue weighted by Crippen LogP contribution is -2.30. The summed E-state index contributed by atoms with van der Waals surface area (Å²) in [5.74, 6) is -9.62. The second-order valence-corrected chi connectivity index (χ2v) is 7.15. The van der Waals surface area contributed by atoms with Gasteiger partial charge in [0.05, 0.1) is 11.5 Å². The number of hydrogen-bond donors (Lipinski definition) is 0. The maximum absolute atomic E-state index is 14.7. The minimum Gasteiger partial charge on any atom is -0.465 e. The maximum Gasteiger partial charge on any atom is 0.322 e. The van der Waals surface area contributed by atoms with Gasteiger partial charge in [0, 0.05) is 17.8 Å². The van der Waals surface area contributed by atoms with Crippen molar-refractivity contribution in [2.24, 2.45) is 10.9 Å². The number of halogens is 3. The lowest BCUT2D eigenvalue weighted by Gasteiger charge is -2.18. The molecule has 2 rings (SSSR count). The number of benzene rings is 1. The minimum atomic E-state index is -1.97. The third kappa shape index (κ3) is 5.03. The Morgan fingerprint density at radius 3 is 2.40 bits per heavy atom. The number of nitro groups is 1. The molecule has 30 heavy (non-hydrogen) atoms. The lowest BCUT2D eigenvalue weighted by atomic mass is 9.93. The van der Waals surface area contributed by atoms with Crippen molar-refractivity contribution in [1.82, 2.24) is 0 Å². The van der Waals surface area contributed by atoms with Crippen molar-refractivity contribution in [1.29, 1.82) is 0 Å². The van der Waals surface area contributed by atoms with Gasteiger partial charge in [-0.3, -0.25) is 24.7 Å². The summed E-state index contributed by atoms with van der Waals surface area (Å²) in [6.45, 7) is 2.51. The molecule has 0 saturated heterocycles. The highest BCUT2D eigenvalue weighted by Gasteiger charge is 2.39. The first kappa shape index (κ1) is 23.5. The van der Waals surface area contributed by atoms with Gasteiger partial charge in [0.1, 0.15) is 11.4 Å². The number of hydrogen-bond acceptors (Lipinski definition) is 6. The molecule has 1 atom stereocenters. The Morgan fingerprint density at radius 2 is 1.83 bits per heavy atom. The van der Waals surface area contributed by atoms with Gasteiger partial charge in [0.2, 0.25) is 5.82 Å². The number of ketones is 1. The fraction of sp³-hybridized carbons (Fsp3) is 0.550. The Bertz CT molecular complexity index is 867. The Hall–Kier alpha value is -2.78. The summed E-state index contributed by atoms with van der Waals surface area (Å²) >= 11 is 0. The highest BCUT2D eigenvalue weighted by atomic mass is 19.2. The van der Waals surface area contributed by atoms with E-state index in [0.29, 0.717) is 6.42 Å². The summed E-state index contributed by atoms with van der Waals surface area (Å²) < 4.78 is 47.6. The van der Waals surface area contributed by atoms with Crippen molar-refractivity contribution in [2.45, 2.75) is 58.4 Å². The number of esters is 1. The van der Waals surface area contributed by atoms with Crippen molar-refractivity contribution in [3.8, 4) is 0 Å². The predicted molar refractivity (Wildman–Crippen MR) is 102 cm³/mol. The minimum absolute atomic E-state index is 0.0404. The van der Waals surface area contributed by atoms with Gasteiger partial charge in [-0.15, -0.1) is 0 Å². The van der Waals surface area contributed by atoms with Crippen LogP contribution in [0.25, 0.3) is 0 Å². The molecule has 0 heterocycles. The first-order chi connectivity index (χ1) is 14.2. The van der Waals surface area contributed by atoms with E-state index in [9.17, 15) is 32.9 Å². The summed E-state index contributed by atoms with van der Waals surface area (Å²) in [6.07, 6.45) is 5.77. The van der Waals surface area contributed by atoms with Crippen LogP contribution >= 0.6 is 0 Å². The molecule has 1 aromatic rings. The molecule has 0 aliphatic heterocycles. The molecule has 0 bridgehead atoms. The molecule has 0 radical (unpaired) electrons. The van der Waals surface area contributed by atoms with Crippen LogP contribution in [-0.4, -0.2) is 35.5 Å². The molecule has 0 N–H and O–H groups in total. The van der Waals surface area contributed by atoms with Crippen LogP contribution in [0, 0.1) is 40.4 Å². The molecule has 1 fully saturated rings. The molecule has 164 valence electrons. The van der Waals surface area contributed by atoms with E-state index in [1.807, 2.05) is 0 Å². The average molecular weight is 428 g/mol. The van der Waals surface area contributed by atoms with Gasteiger partial charge >= 0.3 is 11.7 Å². The molecule has 1 saturated carbocycles. The van der Waals surface area contributed by atoms with E-state index in [1.54, 1.807) is 6.92 Å². The molecule has 0 amide bonds. The Balaban J connectivity index is 2.53. The van der Waals surface area contributed by atoms with Crippen LogP contribution in [0.4, 0.5) is 18.9 Å². The highest BCUT2D eigenvalue weighted by molar-refractivity contribution is 6.20. The van der Waals surface area contributed by atoms with Crippen LogP contribution in [0.15, 0.2) is 4.99 Å². The zero-order valence-corrected chi connectivity index (χ0v) is 16.8. The molecule has 1 aliphatic carbocycles. The number of nitrogens with zero attached hydrogens (tertiary/aromatic N) is 2. The Kier molecular flexibility index (Phi) is 8.08. The summed E-state index contributed by atoms with van der Waals surface area (Å²) in [7, 11) is 0. The van der Waals surface area contributed by atoms with Crippen molar-refractivity contribution in [3.05, 3.63) is 38.7 Å². The second-order valence-electron chi connectivity index (χ2n) is 7.15. The van der Waals surface area contributed by atoms with Crippen LogP contribution in [0.2, 0.25) is 0 Å². The number of aliphatic imine (C=N–C) groups is 1. The summed E-state index contributed by atoms with van der Waals surface area (Å²) in [5.41, 5.74) is -3.85. The molecule has 1 aromatic carbocycles. The van der Waals surface area contributed by atoms with Crippen molar-refractivity contribution in [2.75, 3.05) is 6.61 Å². The molecular formula is C20H23F3N2O5. The number of rotatable bonds is 8. The molecule has 7 nitrogen and oxygen atoms in total. The van der Waals surface area contributed by atoms with E-state index in [0.717, 1.165) is 45.2 Å². The highest BCUT2D eigenvalue weighted by Crippen LogP contribution is 2.32. The van der Waals surface area contributed by atoms with Gasteiger partial charge in [0.15, 0.2) is 17.5 Å². The number of ether oxygens (including phenoxy) is 1. The smallest absolute Gasteiger partial charge is 0.322 e. The third-order valence-electron chi connectivity index (χ3n) is 4.95. The van der Waals surface area contributed by atoms with Crippen molar-refractivity contribution < 1.29 is 32.4 Å². The normalized spacial score (nSPS) is 15.9. The SMILES string of the molecule is CCCOC(=O)C(C=NC1CCCCC1)C(=O)c1c(F)c(C)c(F)c(F)c1[N+](=O)[O-]. The first-order valence-corrected chi connectivity index (χ1v) is 9.76. The monoisotopic (exact) mass is 428 g/mol. The van der Waals surface area contributed by atoms with E-state index in [-0.39, 0.29) is 12.6 Å². The largest absolute Gasteiger partial charge is 0.465 e. The van der Waals surface area contributed by atoms with E-state index in [4.69, 9.17) is 4.74 Å². The average Bonchev–Trinajstić information content (AvgIpc) is 2.73. The second kappa shape index (κ2) is 10.3. The van der Waals surface area contributed by atoms with Gasteiger partial charge in [-0.2, -0.15) is 4.39 Å². The number of Topliss-reactive ketones (excluding diaryl/α,β-unsaturated/α-hetero) is 1. The predicted octanol–water partition coefficient (Wildman–Crippen LogP) is 4.48. The van der Waals surface area contributed by atoms with Crippen LogP contribution < -0.4 is 0 Å². The standard InChI is InChI=1S/C20H23F3N2O5/c1-3-9-30-20(27)13(10-24-12-7-5-4-6-8-12)19(26)14-15(21)11(2)16(22)17(23)18(14)25(28)29/h10,12-13H,3-9H2,1-2H3. The van der Waals surface area contributed by atoms with Crippen LogP contribution in [-0.2, 0) is 9.53 Å². The maximum atomic E-state index is 14.7. The van der Waals surface area contributed by atoms with Crippen LogP contribution in [0.1, 0.15) is 61.4 Å². The van der Waals surface area contributed by atoms with E-state index in [1.165, 1.54) is 0 Å². The van der Waals surface area contributed by atoms with Gasteiger partial charge in [-0.1, -0.05) is 26.2 Å². The number of carbonyl (C=O) groups is 2. The zero-order chi connectivity index (χ0) is 22.4. The Morgan fingerprint density at radius 1 is 1.20 bits per heavy atom. The third-order valence-corrected chi connectivity index (χ3v) is 4.95. The summed E-state index contributed by atoms with van der Waals surface area (Å²) in [4.78, 5) is 39.5. The number of nitro benzene ring substituents is 1. The first-order valence-electron chi connectivity index (χ1n) is 9.76. The molecule has 10 heteroatoms. The topological polar surface area (TPSA) is 98.9 Å². The Labute approximate surface area is 171 Å². The zero-order valence-electron chi connectivity index (χ0n) is 16.8. The van der Waals surface area contributed by atoms with Gasteiger partial charge < -0.3 is 4.74 Å². The fourth-order valence-electron chi connectivity index (χ4n) is 3.28. The van der Waals surface area contributed by atoms with Gasteiger partial charge in [-0.25, -0.2) is 8.78 Å². The number of carbonyl (C=O) groups excluding carboxylic acids is 2. The van der Waals surface area contributed by atoms with E-state index in [2.05, 4.69) is 4.99 Å². The summed E-state index contributed by atoms with van der Waals surface area (Å²) in [5, 5.41) is 11.3. The quantitative estimate of drug-likeness (QED) is 0.116. The molecule has 1 unspecified atom stereocenters. The van der Waals surface area contributed by atoms with E-state index >= 15 is 0 Å². The molecule has 0 aromatic heterocycles. The molecule has 1 aliphatic rings. The molecule has 0 spiro atoms. The van der Waals surface area contributed by atoms with Crippen LogP contribution in [0.3, 0.4) is 0 Å². The molecular weight excluding hydrogens is 405 g/mol. The summed E-state index contributed by atoms with van der Waals surface area (Å²) in [6, 6.07) is -0.153. The van der Waals surface area contributed by atoms with Gasteiger partial charge in [-0.05, 0) is 26.2 Å². The lowest BCUT2D eigenvalue weighted by molar-refractivity contribution is -0.388.